The summed E-state index contributed by atoms with van der Waals surface area (Å²) in [6.07, 6.45) is 2.00. The zero-order chi connectivity index (χ0) is 17.8. The van der Waals surface area contributed by atoms with Crippen LogP contribution in [0.3, 0.4) is 0 Å². The number of hydrogen-bond donors (Lipinski definition) is 2. The van der Waals surface area contributed by atoms with Crippen LogP contribution in [0.25, 0.3) is 0 Å². The van der Waals surface area contributed by atoms with Crippen molar-refractivity contribution in [3.05, 3.63) is 58.0 Å². The number of hydrogen-bond acceptors (Lipinski definition) is 5. The highest BCUT2D eigenvalue weighted by Gasteiger charge is 2.25. The fourth-order valence-electron chi connectivity index (χ4n) is 2.65. The van der Waals surface area contributed by atoms with E-state index in [0.29, 0.717) is 25.1 Å². The van der Waals surface area contributed by atoms with Crippen molar-refractivity contribution in [3.63, 3.8) is 0 Å². The van der Waals surface area contributed by atoms with Crippen LogP contribution in [0.1, 0.15) is 29.0 Å². The van der Waals surface area contributed by atoms with Gasteiger partial charge in [0.1, 0.15) is 29.6 Å². The van der Waals surface area contributed by atoms with Gasteiger partial charge < -0.3 is 19.7 Å². The van der Waals surface area contributed by atoms with Gasteiger partial charge in [-0.2, -0.15) is 0 Å². The number of H-pyrrole nitrogens is 1. The van der Waals surface area contributed by atoms with Crippen LogP contribution >= 0.6 is 0 Å². The first-order valence-electron chi connectivity index (χ1n) is 7.97. The number of aliphatic hydroxyl groups is 1. The first-order chi connectivity index (χ1) is 12.0. The minimum absolute atomic E-state index is 0.0161. The molecule has 1 saturated heterocycles. The van der Waals surface area contributed by atoms with Crippen molar-refractivity contribution in [2.75, 3.05) is 13.1 Å². The molecule has 1 amide bonds. The second kappa shape index (κ2) is 7.43. The minimum atomic E-state index is -0.562. The van der Waals surface area contributed by atoms with Crippen LogP contribution < -0.4 is 10.3 Å². The molecule has 7 nitrogen and oxygen atoms in total. The third-order valence-corrected chi connectivity index (χ3v) is 3.96. The van der Waals surface area contributed by atoms with Crippen LogP contribution in [0.2, 0.25) is 0 Å². The van der Waals surface area contributed by atoms with Gasteiger partial charge in [0.15, 0.2) is 0 Å². The van der Waals surface area contributed by atoms with E-state index in [1.807, 2.05) is 0 Å². The lowest BCUT2D eigenvalue weighted by molar-refractivity contribution is 0.0471. The molecule has 1 aromatic heterocycles. The van der Waals surface area contributed by atoms with E-state index in [1.165, 1.54) is 35.4 Å². The van der Waals surface area contributed by atoms with Crippen molar-refractivity contribution >= 4 is 5.91 Å². The van der Waals surface area contributed by atoms with Gasteiger partial charge in [0.2, 0.25) is 0 Å². The minimum Gasteiger partial charge on any atom is -0.486 e. The van der Waals surface area contributed by atoms with Crippen LogP contribution in [-0.2, 0) is 6.61 Å². The third kappa shape index (κ3) is 4.21. The first-order valence-corrected chi connectivity index (χ1v) is 7.97. The molecule has 0 bridgehead atoms. The molecule has 0 spiro atoms. The summed E-state index contributed by atoms with van der Waals surface area (Å²) in [6, 6.07) is 5.46. The summed E-state index contributed by atoms with van der Waals surface area (Å²) in [4.78, 5) is 32.5. The topological polar surface area (TPSA) is 95.5 Å². The molecule has 0 saturated carbocycles. The Morgan fingerprint density at radius 2 is 2.16 bits per heavy atom. The highest BCUT2D eigenvalue weighted by atomic mass is 19.1. The fraction of sp³-hybridized carbons (Fsp3) is 0.353. The molecule has 132 valence electrons. The average molecular weight is 347 g/mol. The molecule has 3 rings (SSSR count). The molecule has 25 heavy (non-hydrogen) atoms. The Hall–Kier alpha value is -2.74. The van der Waals surface area contributed by atoms with E-state index in [4.69, 9.17) is 4.74 Å². The van der Waals surface area contributed by atoms with E-state index in [1.54, 1.807) is 0 Å². The summed E-state index contributed by atoms with van der Waals surface area (Å²) in [6.45, 7) is 0.705. The average Bonchev–Trinajstić information content (AvgIpc) is 2.61. The van der Waals surface area contributed by atoms with Gasteiger partial charge in [-0.3, -0.25) is 9.59 Å². The van der Waals surface area contributed by atoms with Crippen molar-refractivity contribution in [2.45, 2.75) is 25.6 Å². The molecule has 1 atom stereocenters. The molecule has 8 heteroatoms. The molecule has 1 unspecified atom stereocenters. The van der Waals surface area contributed by atoms with Gasteiger partial charge in [-0.25, -0.2) is 9.37 Å². The number of aliphatic hydroxyl groups excluding tert-OH is 1. The van der Waals surface area contributed by atoms with Gasteiger partial charge in [0, 0.05) is 19.3 Å². The van der Waals surface area contributed by atoms with Crippen molar-refractivity contribution in [1.82, 2.24) is 14.9 Å². The second-order valence-corrected chi connectivity index (χ2v) is 5.86. The smallest absolute Gasteiger partial charge is 0.263 e. The number of likely N-dealkylation sites (tertiary alicyclic amines) is 1. The van der Waals surface area contributed by atoms with Gasteiger partial charge in [-0.1, -0.05) is 0 Å². The van der Waals surface area contributed by atoms with Crippen LogP contribution in [0.5, 0.6) is 5.75 Å². The second-order valence-electron chi connectivity index (χ2n) is 5.86. The van der Waals surface area contributed by atoms with Gasteiger partial charge in [0.25, 0.3) is 11.5 Å². The van der Waals surface area contributed by atoms with E-state index in [0.717, 1.165) is 0 Å². The van der Waals surface area contributed by atoms with Crippen molar-refractivity contribution < 1.29 is 19.0 Å². The Morgan fingerprint density at radius 1 is 1.40 bits per heavy atom. The van der Waals surface area contributed by atoms with Crippen molar-refractivity contribution in [1.29, 1.82) is 0 Å². The number of benzene rings is 1. The zero-order valence-electron chi connectivity index (χ0n) is 13.4. The molecule has 2 aromatic rings. The van der Waals surface area contributed by atoms with Gasteiger partial charge in [-0.15, -0.1) is 0 Å². The predicted molar refractivity (Wildman–Crippen MR) is 86.7 cm³/mol. The van der Waals surface area contributed by atoms with E-state index in [2.05, 4.69) is 9.97 Å². The van der Waals surface area contributed by atoms with E-state index >= 15 is 0 Å². The third-order valence-electron chi connectivity index (χ3n) is 3.96. The van der Waals surface area contributed by atoms with Crippen LogP contribution in [0.4, 0.5) is 4.39 Å². The number of carbonyl (C=O) groups excluding carboxylic acids is 1. The molecule has 0 radical (unpaired) electrons. The summed E-state index contributed by atoms with van der Waals surface area (Å²) in [7, 11) is 0. The van der Waals surface area contributed by atoms with E-state index in [-0.39, 0.29) is 30.4 Å². The van der Waals surface area contributed by atoms with Crippen LogP contribution in [0, 0.1) is 5.82 Å². The maximum Gasteiger partial charge on any atom is 0.263 e. The molecule has 2 N–H and O–H groups in total. The number of aromatic nitrogens is 2. The normalized spacial score (nSPS) is 17.4. The number of carbonyl (C=O) groups is 1. The maximum absolute atomic E-state index is 12.8. The molecule has 2 heterocycles. The Bertz CT molecular complexity index is 806. The van der Waals surface area contributed by atoms with Gasteiger partial charge in [-0.05, 0) is 37.1 Å². The molecule has 1 fully saturated rings. The Morgan fingerprint density at radius 3 is 2.84 bits per heavy atom. The molecule has 1 aliphatic rings. The molecule has 1 aliphatic heterocycles. The van der Waals surface area contributed by atoms with Crippen LogP contribution in [-0.4, -0.2) is 45.1 Å². The predicted octanol–water partition coefficient (Wildman–Crippen LogP) is 1.08. The number of amides is 1. The number of rotatable bonds is 4. The number of piperidine rings is 1. The van der Waals surface area contributed by atoms with E-state index in [9.17, 15) is 19.1 Å². The van der Waals surface area contributed by atoms with Crippen LogP contribution in [0.15, 0.2) is 35.3 Å². The maximum atomic E-state index is 12.8. The van der Waals surface area contributed by atoms with Crippen molar-refractivity contribution in [3.8, 4) is 5.75 Å². The lowest BCUT2D eigenvalue weighted by atomic mass is 10.1. The Labute approximate surface area is 143 Å². The number of nitrogens with zero attached hydrogens (tertiary/aromatic N) is 2. The largest absolute Gasteiger partial charge is 0.486 e. The number of β-amino-alcohol motifs (C(OH)–C–C–N with tert-alkyl or cyclic N) is 1. The Kier molecular flexibility index (Phi) is 5.08. The summed E-state index contributed by atoms with van der Waals surface area (Å²) < 4.78 is 18.2. The number of halogens is 1. The van der Waals surface area contributed by atoms with Gasteiger partial charge in [0.05, 0.1) is 6.10 Å². The monoisotopic (exact) mass is 347 g/mol. The van der Waals surface area contributed by atoms with Gasteiger partial charge >= 0.3 is 0 Å². The van der Waals surface area contributed by atoms with Crippen molar-refractivity contribution in [2.24, 2.45) is 0 Å². The summed E-state index contributed by atoms with van der Waals surface area (Å²) >= 11 is 0. The number of aromatic amines is 1. The lowest BCUT2D eigenvalue weighted by Gasteiger charge is -2.29. The molecular formula is C17H18FN3O4. The quantitative estimate of drug-likeness (QED) is 0.863. The summed E-state index contributed by atoms with van der Waals surface area (Å²) in [5.74, 6) is -0.126. The molecule has 0 aliphatic carbocycles. The SMILES string of the molecule is O=C(c1cnc(COc2ccc(F)cc2)[nH]c1=O)N1CCCC(O)C1. The zero-order valence-corrected chi connectivity index (χ0v) is 13.4. The Balaban J connectivity index is 1.67. The highest BCUT2D eigenvalue weighted by Crippen LogP contribution is 2.13. The number of nitrogens with one attached hydrogen (secondary N) is 1. The molecular weight excluding hydrogens is 329 g/mol. The summed E-state index contributed by atoms with van der Waals surface area (Å²) in [5, 5.41) is 9.65. The fourth-order valence-corrected chi connectivity index (χ4v) is 2.65. The lowest BCUT2D eigenvalue weighted by Crippen LogP contribution is -2.43. The van der Waals surface area contributed by atoms with E-state index < -0.39 is 17.6 Å². The highest BCUT2D eigenvalue weighted by molar-refractivity contribution is 5.93. The molecule has 1 aromatic carbocycles. The summed E-state index contributed by atoms with van der Waals surface area (Å²) in [5.41, 5.74) is -0.627. The number of ether oxygens (including phenoxy) is 1. The first kappa shape index (κ1) is 17.1. The standard InChI is InChI=1S/C17H18FN3O4/c18-11-3-5-13(6-4-11)25-10-15-19-8-14(16(23)20-15)17(24)21-7-1-2-12(22)9-21/h3-6,8,12,22H,1-2,7,9-10H2,(H,19,20,23).